The molecular formula is C11H18N6O2. The lowest BCUT2D eigenvalue weighted by Crippen LogP contribution is -2.41. The van der Waals surface area contributed by atoms with E-state index < -0.39 is 4.92 Å². The lowest BCUT2D eigenvalue weighted by molar-refractivity contribution is -0.383. The van der Waals surface area contributed by atoms with Crippen molar-refractivity contribution in [3.05, 3.63) is 16.4 Å². The molecule has 1 aliphatic rings. The quantitative estimate of drug-likeness (QED) is 0.482. The zero-order valence-corrected chi connectivity index (χ0v) is 11.1. The number of nitrogens with one attached hydrogen (secondary N) is 1. The smallest absolute Gasteiger partial charge is 0.350 e. The maximum absolute atomic E-state index is 11.2. The number of nitrogens with two attached hydrogens (primary N) is 1. The van der Waals surface area contributed by atoms with Crippen molar-refractivity contribution in [1.82, 2.24) is 9.97 Å². The van der Waals surface area contributed by atoms with Gasteiger partial charge in [-0.3, -0.25) is 10.1 Å². The van der Waals surface area contributed by atoms with Crippen LogP contribution < -0.4 is 16.2 Å². The van der Waals surface area contributed by atoms with Crippen molar-refractivity contribution in [2.75, 3.05) is 23.4 Å². The third-order valence-corrected chi connectivity index (χ3v) is 3.32. The van der Waals surface area contributed by atoms with Crippen LogP contribution in [-0.4, -0.2) is 28.0 Å². The minimum absolute atomic E-state index is 0.0402. The molecule has 1 saturated heterocycles. The van der Waals surface area contributed by atoms with Crippen molar-refractivity contribution in [2.45, 2.75) is 26.7 Å². The molecule has 104 valence electrons. The van der Waals surface area contributed by atoms with Gasteiger partial charge in [0.25, 0.3) is 0 Å². The number of nitro groups is 1. The first kappa shape index (κ1) is 13.5. The van der Waals surface area contributed by atoms with Crippen LogP contribution in [0.15, 0.2) is 6.33 Å². The Morgan fingerprint density at radius 2 is 2.26 bits per heavy atom. The Kier molecular flexibility index (Phi) is 3.52. The van der Waals surface area contributed by atoms with Crippen LogP contribution in [0.25, 0.3) is 0 Å². The molecule has 0 aliphatic carbocycles. The zero-order chi connectivity index (χ0) is 14.0. The van der Waals surface area contributed by atoms with Crippen molar-refractivity contribution in [3.63, 3.8) is 0 Å². The monoisotopic (exact) mass is 266 g/mol. The molecule has 1 fully saturated rings. The van der Waals surface area contributed by atoms with Crippen LogP contribution in [0.1, 0.15) is 26.7 Å². The Morgan fingerprint density at radius 1 is 1.53 bits per heavy atom. The van der Waals surface area contributed by atoms with Gasteiger partial charge >= 0.3 is 5.69 Å². The Bertz CT molecular complexity index is 490. The molecule has 1 aliphatic heterocycles. The molecule has 8 heteroatoms. The molecule has 0 unspecified atom stereocenters. The molecule has 0 amide bonds. The summed E-state index contributed by atoms with van der Waals surface area (Å²) in [6.07, 6.45) is 3.38. The lowest BCUT2D eigenvalue weighted by atomic mass is 9.84. The molecule has 3 N–H and O–H groups in total. The van der Waals surface area contributed by atoms with Gasteiger partial charge in [-0.05, 0) is 18.3 Å². The number of nitrogens with zero attached hydrogens (tertiary/aromatic N) is 4. The van der Waals surface area contributed by atoms with Gasteiger partial charge in [0.2, 0.25) is 11.6 Å². The van der Waals surface area contributed by atoms with Crippen molar-refractivity contribution < 1.29 is 4.92 Å². The molecule has 0 radical (unpaired) electrons. The van der Waals surface area contributed by atoms with Gasteiger partial charge in [-0.25, -0.2) is 15.8 Å². The maximum atomic E-state index is 11.2. The molecular weight excluding hydrogens is 248 g/mol. The predicted octanol–water partition coefficient (Wildman–Crippen LogP) is 1.30. The highest BCUT2D eigenvalue weighted by molar-refractivity contribution is 5.70. The summed E-state index contributed by atoms with van der Waals surface area (Å²) in [6.45, 7) is 5.78. The number of rotatable bonds is 3. The van der Waals surface area contributed by atoms with Crippen LogP contribution in [0.4, 0.5) is 17.3 Å². The highest BCUT2D eigenvalue weighted by Crippen LogP contribution is 2.36. The summed E-state index contributed by atoms with van der Waals surface area (Å²) in [5, 5.41) is 11.2. The molecule has 0 saturated carbocycles. The minimum atomic E-state index is -0.494. The first-order valence-corrected chi connectivity index (χ1v) is 6.15. The fourth-order valence-electron chi connectivity index (χ4n) is 2.48. The average molecular weight is 266 g/mol. The van der Waals surface area contributed by atoms with Gasteiger partial charge in [0.05, 0.1) is 4.92 Å². The maximum Gasteiger partial charge on any atom is 0.354 e. The Labute approximate surface area is 111 Å². The van der Waals surface area contributed by atoms with Crippen LogP contribution in [0, 0.1) is 15.5 Å². The molecule has 1 aromatic rings. The normalized spacial score (nSPS) is 18.2. The fraction of sp³-hybridized carbons (Fsp3) is 0.636. The first-order valence-electron chi connectivity index (χ1n) is 6.15. The zero-order valence-electron chi connectivity index (χ0n) is 11.1. The summed E-state index contributed by atoms with van der Waals surface area (Å²) in [5.74, 6) is 5.65. The van der Waals surface area contributed by atoms with Crippen molar-refractivity contribution in [1.29, 1.82) is 0 Å². The van der Waals surface area contributed by atoms with E-state index in [9.17, 15) is 10.1 Å². The van der Waals surface area contributed by atoms with E-state index in [1.165, 1.54) is 6.33 Å². The number of nitrogen functional groups attached to an aromatic ring is 1. The summed E-state index contributed by atoms with van der Waals surface area (Å²) in [6, 6.07) is 0. The van der Waals surface area contributed by atoms with E-state index in [1.54, 1.807) is 0 Å². The average Bonchev–Trinajstić information content (AvgIpc) is 2.36. The molecule has 0 bridgehead atoms. The van der Waals surface area contributed by atoms with Gasteiger partial charge in [0.15, 0.2) is 0 Å². The van der Waals surface area contributed by atoms with E-state index in [0.29, 0.717) is 5.82 Å². The molecule has 2 rings (SSSR count). The van der Waals surface area contributed by atoms with Crippen LogP contribution in [0.5, 0.6) is 0 Å². The van der Waals surface area contributed by atoms with Gasteiger partial charge in [0, 0.05) is 13.1 Å². The Hall–Kier alpha value is -1.96. The van der Waals surface area contributed by atoms with E-state index in [2.05, 4.69) is 29.2 Å². The molecule has 8 nitrogen and oxygen atoms in total. The van der Waals surface area contributed by atoms with Gasteiger partial charge < -0.3 is 10.3 Å². The molecule has 19 heavy (non-hydrogen) atoms. The summed E-state index contributed by atoms with van der Waals surface area (Å²) in [4.78, 5) is 20.5. The molecule has 0 aromatic carbocycles. The number of anilines is 2. The summed E-state index contributed by atoms with van der Waals surface area (Å²) in [7, 11) is 0. The number of hydrogen-bond donors (Lipinski definition) is 2. The van der Waals surface area contributed by atoms with Gasteiger partial charge in [-0.1, -0.05) is 13.8 Å². The van der Waals surface area contributed by atoms with E-state index in [4.69, 9.17) is 5.84 Å². The predicted molar refractivity (Wildman–Crippen MR) is 71.7 cm³/mol. The van der Waals surface area contributed by atoms with E-state index in [1.807, 2.05) is 4.90 Å². The van der Waals surface area contributed by atoms with Crippen molar-refractivity contribution in [3.8, 4) is 0 Å². The third kappa shape index (κ3) is 2.73. The second-order valence-electron chi connectivity index (χ2n) is 5.49. The van der Waals surface area contributed by atoms with Gasteiger partial charge in [0.1, 0.15) is 6.33 Å². The summed E-state index contributed by atoms with van der Waals surface area (Å²) < 4.78 is 0. The molecule has 1 aromatic heterocycles. The summed E-state index contributed by atoms with van der Waals surface area (Å²) >= 11 is 0. The standard InChI is InChI=1S/C11H18N6O2/c1-11(2)4-3-5-16(6-11)10-8(17(18)19)9(15-12)13-7-14-10/h7H,3-6,12H2,1-2H3,(H,13,14,15). The van der Waals surface area contributed by atoms with Crippen molar-refractivity contribution in [2.24, 2.45) is 11.3 Å². The van der Waals surface area contributed by atoms with Crippen LogP contribution >= 0.6 is 0 Å². The first-order chi connectivity index (χ1) is 8.94. The van der Waals surface area contributed by atoms with Gasteiger partial charge in [-0.2, -0.15) is 0 Å². The van der Waals surface area contributed by atoms with Crippen LogP contribution in [-0.2, 0) is 0 Å². The number of hydrazine groups is 1. The second-order valence-corrected chi connectivity index (χ2v) is 5.49. The van der Waals surface area contributed by atoms with E-state index in [-0.39, 0.29) is 16.9 Å². The SMILES string of the molecule is CC1(C)CCCN(c2ncnc(NN)c2[N+](=O)[O-])C1. The number of piperidine rings is 1. The minimum Gasteiger partial charge on any atom is -0.350 e. The Balaban J connectivity index is 2.41. The second kappa shape index (κ2) is 4.96. The van der Waals surface area contributed by atoms with Crippen LogP contribution in [0.3, 0.4) is 0 Å². The molecule has 2 heterocycles. The van der Waals surface area contributed by atoms with E-state index >= 15 is 0 Å². The molecule has 0 spiro atoms. The third-order valence-electron chi connectivity index (χ3n) is 3.32. The molecule has 0 atom stereocenters. The Morgan fingerprint density at radius 3 is 2.84 bits per heavy atom. The number of aromatic nitrogens is 2. The highest BCUT2D eigenvalue weighted by atomic mass is 16.6. The largest absolute Gasteiger partial charge is 0.354 e. The summed E-state index contributed by atoms with van der Waals surface area (Å²) in [5.41, 5.74) is 2.21. The van der Waals surface area contributed by atoms with Gasteiger partial charge in [-0.15, -0.1) is 0 Å². The topological polar surface area (TPSA) is 110 Å². The van der Waals surface area contributed by atoms with Crippen molar-refractivity contribution >= 4 is 17.3 Å². The lowest BCUT2D eigenvalue weighted by Gasteiger charge is -2.38. The van der Waals surface area contributed by atoms with Crippen LogP contribution in [0.2, 0.25) is 0 Å². The highest BCUT2D eigenvalue weighted by Gasteiger charge is 2.32. The van der Waals surface area contributed by atoms with E-state index in [0.717, 1.165) is 25.9 Å². The number of hydrogen-bond acceptors (Lipinski definition) is 7. The fourth-order valence-corrected chi connectivity index (χ4v) is 2.48.